The molecule has 5 N–H and O–H groups in total. The molecule has 0 aliphatic carbocycles. The van der Waals surface area contributed by atoms with Crippen LogP contribution in [0.4, 0.5) is 23.0 Å². The number of halogens is 1. The molecule has 7 nitrogen and oxygen atoms in total. The molecule has 1 aromatic heterocycles. The van der Waals surface area contributed by atoms with Crippen LogP contribution in [-0.2, 0) is 0 Å². The number of rotatable bonds is 5. The maximum atomic E-state index is 12.2. The van der Waals surface area contributed by atoms with Crippen LogP contribution >= 0.6 is 11.6 Å². The number of nitrogens with one attached hydrogen (secondary N) is 3. The van der Waals surface area contributed by atoms with Crippen LogP contribution in [0.3, 0.4) is 0 Å². The van der Waals surface area contributed by atoms with E-state index in [9.17, 15) is 4.79 Å². The Balaban J connectivity index is 1.70. The number of hydrogen-bond donors (Lipinski definition) is 4. The number of carbonyl (C=O) groups is 1. The minimum absolute atomic E-state index is 0.277. The number of nitrogens with two attached hydrogens (primary N) is 1. The quantitative estimate of drug-likeness (QED) is 0.513. The lowest BCUT2D eigenvalue weighted by atomic mass is 10.2. The van der Waals surface area contributed by atoms with Crippen molar-refractivity contribution in [2.24, 2.45) is 0 Å². The molecular weight excluding hydrogens is 352 g/mol. The van der Waals surface area contributed by atoms with Gasteiger partial charge >= 0.3 is 0 Å². The number of amides is 1. The fourth-order valence-corrected chi connectivity index (χ4v) is 2.38. The van der Waals surface area contributed by atoms with Crippen molar-refractivity contribution >= 4 is 40.5 Å². The molecule has 0 saturated carbocycles. The summed E-state index contributed by atoms with van der Waals surface area (Å²) >= 11 is 5.89. The molecule has 0 atom stereocenters. The van der Waals surface area contributed by atoms with Crippen LogP contribution in [0, 0.1) is 6.92 Å². The van der Waals surface area contributed by atoms with Gasteiger partial charge in [-0.1, -0.05) is 35.4 Å². The van der Waals surface area contributed by atoms with Gasteiger partial charge < -0.3 is 11.1 Å². The van der Waals surface area contributed by atoms with Gasteiger partial charge in [0.15, 0.2) is 11.6 Å². The summed E-state index contributed by atoms with van der Waals surface area (Å²) in [6.07, 6.45) is 1.35. The minimum Gasteiger partial charge on any atom is -0.393 e. The van der Waals surface area contributed by atoms with Gasteiger partial charge in [0.05, 0.1) is 0 Å². The second-order valence-corrected chi connectivity index (χ2v) is 6.00. The molecule has 132 valence electrons. The Hall–Kier alpha value is -3.32. The third-order valence-electron chi connectivity index (χ3n) is 3.58. The maximum Gasteiger partial charge on any atom is 0.269 e. The zero-order valence-corrected chi connectivity index (χ0v) is 14.7. The van der Waals surface area contributed by atoms with Crippen molar-refractivity contribution in [2.45, 2.75) is 6.92 Å². The van der Waals surface area contributed by atoms with Gasteiger partial charge in [0, 0.05) is 16.3 Å². The summed E-state index contributed by atoms with van der Waals surface area (Å²) in [6.45, 7) is 2.01. The molecule has 1 heterocycles. The third-order valence-corrected chi connectivity index (χ3v) is 3.81. The van der Waals surface area contributed by atoms with E-state index >= 15 is 0 Å². The second-order valence-electron chi connectivity index (χ2n) is 5.57. The fraction of sp³-hybridized carbons (Fsp3) is 0.0556. The van der Waals surface area contributed by atoms with Crippen LogP contribution in [0.2, 0.25) is 5.02 Å². The number of benzene rings is 2. The average molecular weight is 369 g/mol. The number of aryl methyl sites for hydroxylation is 1. The number of hydrazine groups is 1. The number of carbonyl (C=O) groups excluding carboxylic acids is 1. The Morgan fingerprint density at radius 3 is 2.54 bits per heavy atom. The number of anilines is 4. The Labute approximate surface area is 155 Å². The van der Waals surface area contributed by atoms with E-state index in [4.69, 9.17) is 17.3 Å². The first kappa shape index (κ1) is 17.5. The number of nitrogen functional groups attached to an aromatic ring is 1. The number of nitrogens with zero attached hydrogens (tertiary/aromatic N) is 2. The maximum absolute atomic E-state index is 12.2. The normalized spacial score (nSPS) is 10.2. The number of aromatic nitrogens is 2. The van der Waals surface area contributed by atoms with Gasteiger partial charge in [-0.15, -0.1) is 0 Å². The van der Waals surface area contributed by atoms with Crippen molar-refractivity contribution in [1.29, 1.82) is 0 Å². The first-order valence-corrected chi connectivity index (χ1v) is 8.17. The van der Waals surface area contributed by atoms with Crippen molar-refractivity contribution in [3.63, 3.8) is 0 Å². The van der Waals surface area contributed by atoms with Crippen LogP contribution in [0.25, 0.3) is 0 Å². The molecule has 3 aromatic rings. The largest absolute Gasteiger partial charge is 0.393 e. The molecule has 0 unspecified atom stereocenters. The molecule has 0 radical (unpaired) electrons. The monoisotopic (exact) mass is 368 g/mol. The summed E-state index contributed by atoms with van der Waals surface area (Å²) in [6, 6.07) is 14.4. The molecule has 2 aromatic carbocycles. The standard InChI is InChI=1S/C18H17ClN6O/c1-11-5-7-14(8-6-11)23-16-15(20)17(22-10-21-16)24-25-18(26)12-3-2-4-13(19)9-12/h2-10H,20H2,1H3,(H,25,26)(H2,21,22,23,24). The van der Waals surface area contributed by atoms with Gasteiger partial charge in [-0.2, -0.15) is 0 Å². The van der Waals surface area contributed by atoms with E-state index in [2.05, 4.69) is 26.1 Å². The van der Waals surface area contributed by atoms with E-state index in [1.54, 1.807) is 24.3 Å². The van der Waals surface area contributed by atoms with Crippen molar-refractivity contribution < 1.29 is 4.79 Å². The SMILES string of the molecule is Cc1ccc(Nc2ncnc(NNC(=O)c3cccc(Cl)c3)c2N)cc1. The lowest BCUT2D eigenvalue weighted by Gasteiger charge is -2.13. The molecule has 0 saturated heterocycles. The van der Waals surface area contributed by atoms with Crippen molar-refractivity contribution in [3.8, 4) is 0 Å². The van der Waals surface area contributed by atoms with E-state index in [0.717, 1.165) is 11.3 Å². The highest BCUT2D eigenvalue weighted by Crippen LogP contribution is 2.25. The third kappa shape index (κ3) is 4.20. The Morgan fingerprint density at radius 1 is 1.08 bits per heavy atom. The molecular formula is C18H17ClN6O. The summed E-state index contributed by atoms with van der Waals surface area (Å²) in [5, 5.41) is 3.60. The van der Waals surface area contributed by atoms with E-state index in [-0.39, 0.29) is 17.4 Å². The predicted octanol–water partition coefficient (Wildman–Crippen LogP) is 3.52. The summed E-state index contributed by atoms with van der Waals surface area (Å²) in [4.78, 5) is 20.3. The van der Waals surface area contributed by atoms with Gasteiger partial charge in [-0.05, 0) is 37.3 Å². The van der Waals surface area contributed by atoms with Crippen LogP contribution in [0.5, 0.6) is 0 Å². The highest BCUT2D eigenvalue weighted by atomic mass is 35.5. The molecule has 0 aliphatic heterocycles. The fourth-order valence-electron chi connectivity index (χ4n) is 2.19. The second kappa shape index (κ2) is 7.71. The molecule has 0 fully saturated rings. The van der Waals surface area contributed by atoms with Crippen molar-refractivity contribution in [3.05, 3.63) is 71.0 Å². The van der Waals surface area contributed by atoms with Crippen LogP contribution in [-0.4, -0.2) is 15.9 Å². The molecule has 0 spiro atoms. The van der Waals surface area contributed by atoms with Gasteiger partial charge in [0.1, 0.15) is 12.0 Å². The Bertz CT molecular complexity index is 929. The summed E-state index contributed by atoms with van der Waals surface area (Å²) in [5.41, 5.74) is 14.0. The first-order chi connectivity index (χ1) is 12.5. The first-order valence-electron chi connectivity index (χ1n) is 7.79. The van der Waals surface area contributed by atoms with Crippen LogP contribution in [0.1, 0.15) is 15.9 Å². The van der Waals surface area contributed by atoms with Crippen LogP contribution in [0.15, 0.2) is 54.9 Å². The van der Waals surface area contributed by atoms with Gasteiger partial charge in [0.25, 0.3) is 5.91 Å². The summed E-state index contributed by atoms with van der Waals surface area (Å²) in [7, 11) is 0. The average Bonchev–Trinajstić information content (AvgIpc) is 2.64. The van der Waals surface area contributed by atoms with Gasteiger partial charge in [0.2, 0.25) is 0 Å². The molecule has 0 aliphatic rings. The highest BCUT2D eigenvalue weighted by Gasteiger charge is 2.10. The zero-order valence-electron chi connectivity index (χ0n) is 14.0. The Kier molecular flexibility index (Phi) is 5.19. The predicted molar refractivity (Wildman–Crippen MR) is 103 cm³/mol. The van der Waals surface area contributed by atoms with Crippen molar-refractivity contribution in [1.82, 2.24) is 15.4 Å². The van der Waals surface area contributed by atoms with E-state index < -0.39 is 0 Å². The highest BCUT2D eigenvalue weighted by molar-refractivity contribution is 6.30. The van der Waals surface area contributed by atoms with E-state index in [1.165, 1.54) is 6.33 Å². The summed E-state index contributed by atoms with van der Waals surface area (Å²) in [5.74, 6) is 0.354. The van der Waals surface area contributed by atoms with Crippen molar-refractivity contribution in [2.75, 3.05) is 16.5 Å². The summed E-state index contributed by atoms with van der Waals surface area (Å²) < 4.78 is 0. The van der Waals surface area contributed by atoms with Crippen LogP contribution < -0.4 is 21.9 Å². The van der Waals surface area contributed by atoms with Gasteiger partial charge in [-0.25, -0.2) is 9.97 Å². The topological polar surface area (TPSA) is 105 Å². The smallest absolute Gasteiger partial charge is 0.269 e. The zero-order chi connectivity index (χ0) is 18.5. The van der Waals surface area contributed by atoms with E-state index in [1.807, 2.05) is 31.2 Å². The molecule has 8 heteroatoms. The molecule has 0 bridgehead atoms. The lowest BCUT2D eigenvalue weighted by molar-refractivity contribution is 0.0962. The van der Waals surface area contributed by atoms with E-state index in [0.29, 0.717) is 16.4 Å². The Morgan fingerprint density at radius 2 is 1.81 bits per heavy atom. The lowest BCUT2D eigenvalue weighted by Crippen LogP contribution is -2.30. The van der Waals surface area contributed by atoms with Gasteiger partial charge in [-0.3, -0.25) is 15.6 Å². The molecule has 1 amide bonds. The minimum atomic E-state index is -0.362. The molecule has 26 heavy (non-hydrogen) atoms. The number of hydrogen-bond acceptors (Lipinski definition) is 6. The molecule has 3 rings (SSSR count).